The van der Waals surface area contributed by atoms with Crippen LogP contribution in [0.15, 0.2) is 24.3 Å². The highest BCUT2D eigenvalue weighted by atomic mass is 19.1. The molecule has 7 nitrogen and oxygen atoms in total. The summed E-state index contributed by atoms with van der Waals surface area (Å²) in [6, 6.07) is 4.81. The number of rotatable bonds is 3. The van der Waals surface area contributed by atoms with Crippen LogP contribution in [-0.4, -0.2) is 26.6 Å². The number of aryl methyl sites for hydroxylation is 1. The van der Waals surface area contributed by atoms with Crippen molar-refractivity contribution in [2.24, 2.45) is 0 Å². The number of carbonyl (C=O) groups excluding carboxylic acids is 2. The summed E-state index contributed by atoms with van der Waals surface area (Å²) in [7, 11) is 0. The fourth-order valence-corrected chi connectivity index (χ4v) is 2.17. The lowest BCUT2D eigenvalue weighted by Crippen LogP contribution is -2.23. The number of anilines is 2. The number of nitrogens with one attached hydrogen (secondary N) is 2. The molecule has 2 heterocycles. The smallest absolute Gasteiger partial charge is 0.252 e. The average molecular weight is 289 g/mol. The minimum Gasteiger partial charge on any atom is -0.326 e. The van der Waals surface area contributed by atoms with Gasteiger partial charge in [0, 0.05) is 5.69 Å². The Balaban J connectivity index is 1.71. The molecule has 0 bridgehead atoms. The Morgan fingerprint density at radius 1 is 1.52 bits per heavy atom. The monoisotopic (exact) mass is 289 g/mol. The van der Waals surface area contributed by atoms with Gasteiger partial charge in [-0.25, -0.2) is 9.07 Å². The normalized spacial score (nSPS) is 16.5. The predicted octanol–water partition coefficient (Wildman–Crippen LogP) is 1.25. The summed E-state index contributed by atoms with van der Waals surface area (Å²) in [5.74, 6) is -0.330. The zero-order valence-corrected chi connectivity index (χ0v) is 11.1. The van der Waals surface area contributed by atoms with Gasteiger partial charge in [0.15, 0.2) is 0 Å². The lowest BCUT2D eigenvalue weighted by Gasteiger charge is -2.09. The van der Waals surface area contributed by atoms with Gasteiger partial charge in [0.2, 0.25) is 11.9 Å². The van der Waals surface area contributed by atoms with Crippen LogP contribution in [-0.2, 0) is 9.59 Å². The highest BCUT2D eigenvalue weighted by Gasteiger charge is 2.34. The van der Waals surface area contributed by atoms with Crippen LogP contribution in [0, 0.1) is 12.7 Å². The van der Waals surface area contributed by atoms with E-state index in [1.807, 2.05) is 0 Å². The molecule has 8 heteroatoms. The number of fused-ring (bicyclic) bond motifs is 1. The summed E-state index contributed by atoms with van der Waals surface area (Å²) in [5.41, 5.74) is 0.341. The van der Waals surface area contributed by atoms with Gasteiger partial charge in [-0.15, -0.1) is 0 Å². The van der Waals surface area contributed by atoms with Crippen molar-refractivity contribution in [2.75, 3.05) is 10.6 Å². The molecular formula is C13H12FN5O2. The molecule has 0 radical (unpaired) electrons. The molecule has 1 aromatic carbocycles. The van der Waals surface area contributed by atoms with Crippen LogP contribution in [0.5, 0.6) is 0 Å². The molecule has 0 aliphatic carbocycles. The number of hydrogen-bond acceptors (Lipinski definition) is 4. The summed E-state index contributed by atoms with van der Waals surface area (Å²) < 4.78 is 14.4. The summed E-state index contributed by atoms with van der Waals surface area (Å²) in [6.07, 6.45) is -0.0991. The van der Waals surface area contributed by atoms with Gasteiger partial charge in [-0.1, -0.05) is 6.07 Å². The van der Waals surface area contributed by atoms with Gasteiger partial charge in [-0.3, -0.25) is 14.9 Å². The van der Waals surface area contributed by atoms with E-state index in [1.165, 1.54) is 22.9 Å². The predicted molar refractivity (Wildman–Crippen MR) is 72.1 cm³/mol. The second-order valence-electron chi connectivity index (χ2n) is 4.69. The van der Waals surface area contributed by atoms with Gasteiger partial charge in [-0.2, -0.15) is 10.1 Å². The zero-order valence-electron chi connectivity index (χ0n) is 11.1. The van der Waals surface area contributed by atoms with Crippen LogP contribution in [0.25, 0.3) is 0 Å². The number of aromatic nitrogens is 3. The average Bonchev–Trinajstić information content (AvgIpc) is 2.87. The van der Waals surface area contributed by atoms with E-state index in [4.69, 9.17) is 0 Å². The Morgan fingerprint density at radius 2 is 2.33 bits per heavy atom. The van der Waals surface area contributed by atoms with Crippen molar-refractivity contribution in [1.82, 2.24) is 14.8 Å². The minimum absolute atomic E-state index is 0.0991. The molecule has 1 aliphatic rings. The molecule has 1 aromatic heterocycles. The molecule has 1 aliphatic heterocycles. The Hall–Kier alpha value is -2.77. The van der Waals surface area contributed by atoms with E-state index in [0.717, 1.165) is 0 Å². The zero-order chi connectivity index (χ0) is 15.0. The summed E-state index contributed by atoms with van der Waals surface area (Å²) >= 11 is 0. The van der Waals surface area contributed by atoms with Gasteiger partial charge in [-0.05, 0) is 25.1 Å². The number of hydrogen-bond donors (Lipinski definition) is 2. The van der Waals surface area contributed by atoms with Crippen LogP contribution >= 0.6 is 0 Å². The molecule has 2 N–H and O–H groups in total. The third kappa shape index (κ3) is 2.60. The number of benzene rings is 1. The van der Waals surface area contributed by atoms with Crippen LogP contribution in [0.4, 0.5) is 16.0 Å². The first-order valence-corrected chi connectivity index (χ1v) is 6.32. The van der Waals surface area contributed by atoms with E-state index in [9.17, 15) is 14.0 Å². The van der Waals surface area contributed by atoms with E-state index < -0.39 is 17.8 Å². The molecule has 0 saturated carbocycles. The summed E-state index contributed by atoms with van der Waals surface area (Å²) in [6.45, 7) is 1.70. The molecule has 0 spiro atoms. The fourth-order valence-electron chi connectivity index (χ4n) is 2.17. The van der Waals surface area contributed by atoms with Gasteiger partial charge in [0.1, 0.15) is 17.7 Å². The first-order valence-electron chi connectivity index (χ1n) is 6.32. The molecule has 0 fully saturated rings. The molecule has 108 valence electrons. The van der Waals surface area contributed by atoms with Crippen molar-refractivity contribution in [3.8, 4) is 0 Å². The van der Waals surface area contributed by atoms with E-state index in [-0.39, 0.29) is 12.3 Å². The minimum atomic E-state index is -0.741. The molecule has 0 saturated heterocycles. The molecular weight excluding hydrogens is 277 g/mol. The fraction of sp³-hybridized carbons (Fsp3) is 0.231. The topological polar surface area (TPSA) is 88.9 Å². The molecule has 2 aromatic rings. The highest BCUT2D eigenvalue weighted by molar-refractivity contribution is 6.00. The third-order valence-electron chi connectivity index (χ3n) is 3.06. The molecule has 1 atom stereocenters. The first kappa shape index (κ1) is 13.2. The van der Waals surface area contributed by atoms with Crippen LogP contribution in [0.2, 0.25) is 0 Å². The van der Waals surface area contributed by atoms with Gasteiger partial charge < -0.3 is 5.32 Å². The maximum Gasteiger partial charge on any atom is 0.252 e. The summed E-state index contributed by atoms with van der Waals surface area (Å²) in [5, 5.41) is 9.18. The van der Waals surface area contributed by atoms with Crippen molar-refractivity contribution in [3.63, 3.8) is 0 Å². The van der Waals surface area contributed by atoms with Crippen LogP contribution < -0.4 is 10.6 Å². The molecule has 2 amide bonds. The van der Waals surface area contributed by atoms with Crippen molar-refractivity contribution >= 4 is 23.5 Å². The Morgan fingerprint density at radius 3 is 3.10 bits per heavy atom. The highest BCUT2D eigenvalue weighted by Crippen LogP contribution is 2.25. The maximum absolute atomic E-state index is 13.0. The van der Waals surface area contributed by atoms with Crippen LogP contribution in [0.3, 0.4) is 0 Å². The van der Waals surface area contributed by atoms with E-state index in [0.29, 0.717) is 17.5 Å². The van der Waals surface area contributed by atoms with Crippen molar-refractivity contribution < 1.29 is 14.0 Å². The van der Waals surface area contributed by atoms with Crippen molar-refractivity contribution in [2.45, 2.75) is 19.4 Å². The lowest BCUT2D eigenvalue weighted by molar-refractivity contribution is -0.123. The van der Waals surface area contributed by atoms with Gasteiger partial charge >= 0.3 is 0 Å². The number of halogens is 1. The van der Waals surface area contributed by atoms with E-state index >= 15 is 0 Å². The van der Waals surface area contributed by atoms with E-state index in [1.54, 1.807) is 13.0 Å². The quantitative estimate of drug-likeness (QED) is 0.890. The second-order valence-corrected chi connectivity index (χ2v) is 4.69. The summed E-state index contributed by atoms with van der Waals surface area (Å²) in [4.78, 5) is 27.8. The van der Waals surface area contributed by atoms with Gasteiger partial charge in [0.25, 0.3) is 5.91 Å². The number of nitrogens with zero attached hydrogens (tertiary/aromatic N) is 3. The molecule has 21 heavy (non-hydrogen) atoms. The molecule has 0 unspecified atom stereocenters. The second kappa shape index (κ2) is 4.97. The Labute approximate surface area is 119 Å². The Kier molecular flexibility index (Phi) is 3.13. The lowest BCUT2D eigenvalue weighted by atomic mass is 10.2. The van der Waals surface area contributed by atoms with Crippen molar-refractivity contribution in [3.05, 3.63) is 35.9 Å². The SMILES string of the molecule is Cc1nc2n(n1)[C@@H](CC(=O)Nc1cccc(F)c1)C(=O)N2. The third-order valence-corrected chi connectivity index (χ3v) is 3.06. The van der Waals surface area contributed by atoms with Gasteiger partial charge in [0.05, 0.1) is 6.42 Å². The van der Waals surface area contributed by atoms with Crippen LogP contribution in [0.1, 0.15) is 18.3 Å². The molecule has 3 rings (SSSR count). The van der Waals surface area contributed by atoms with E-state index in [2.05, 4.69) is 20.7 Å². The van der Waals surface area contributed by atoms with Crippen molar-refractivity contribution in [1.29, 1.82) is 0 Å². The standard InChI is InChI=1S/C13H12FN5O2/c1-7-15-13-17-12(21)10(19(13)18-7)6-11(20)16-9-4-2-3-8(14)5-9/h2-5,10H,6H2,1H3,(H,16,20)(H,15,17,18,21)/t10-/m0/s1. The number of amides is 2. The first-order chi connectivity index (χ1) is 10.0. The maximum atomic E-state index is 13.0. The number of carbonyl (C=O) groups is 2. The largest absolute Gasteiger partial charge is 0.326 e. The Bertz CT molecular complexity index is 727.